The smallest absolute Gasteiger partial charge is 0.330 e. The molecule has 0 aromatic carbocycles. The number of methoxy groups -OCH3 is 1. The summed E-state index contributed by atoms with van der Waals surface area (Å²) in [5, 5.41) is 0. The van der Waals surface area contributed by atoms with Crippen LogP contribution < -0.4 is 5.73 Å². The van der Waals surface area contributed by atoms with Gasteiger partial charge in [0.2, 0.25) is 0 Å². The van der Waals surface area contributed by atoms with E-state index in [0.717, 1.165) is 23.8 Å². The Morgan fingerprint density at radius 3 is 1.78 bits per heavy atom. The van der Waals surface area contributed by atoms with Gasteiger partial charge in [0, 0.05) is 83.3 Å². The van der Waals surface area contributed by atoms with Crippen LogP contribution in [-0.4, -0.2) is 19.1 Å². The van der Waals surface area contributed by atoms with E-state index < -0.39 is 0 Å². The summed E-state index contributed by atoms with van der Waals surface area (Å²) in [5.74, 6) is 1.68. The molecule has 3 rings (SSSR count). The summed E-state index contributed by atoms with van der Waals surface area (Å²) >= 11 is 0. The van der Waals surface area contributed by atoms with E-state index in [1.165, 1.54) is 31.1 Å². The normalized spacial score (nSPS) is 28.0. The molecule has 0 spiro atoms. The van der Waals surface area contributed by atoms with Crippen molar-refractivity contribution in [3.63, 3.8) is 0 Å². The second-order valence-corrected chi connectivity index (χ2v) is 7.63. The number of hydrogen-bond donors (Lipinski definition) is 1. The van der Waals surface area contributed by atoms with Gasteiger partial charge >= 0.3 is 5.97 Å². The molecule has 0 aromatic heterocycles. The number of carbonyl (C=O) groups is 1. The number of carbonyl (C=O) groups excluding carboxylic acids is 1. The van der Waals surface area contributed by atoms with Crippen LogP contribution >= 0.6 is 0 Å². The van der Waals surface area contributed by atoms with Gasteiger partial charge in [-0.25, -0.2) is 4.79 Å². The van der Waals surface area contributed by atoms with Crippen LogP contribution in [0.25, 0.3) is 0 Å². The largest absolute Gasteiger partial charge is 0.466 e. The Labute approximate surface area is 217 Å². The predicted molar refractivity (Wildman–Crippen MR) is 104 cm³/mol. The molecule has 5 heteroatoms. The maximum absolute atomic E-state index is 10.8. The van der Waals surface area contributed by atoms with E-state index >= 15 is 0 Å². The topological polar surface area (TPSA) is 53.9 Å². The van der Waals surface area contributed by atoms with Crippen LogP contribution in [0.3, 0.4) is 0 Å². The van der Waals surface area contributed by atoms with Crippen molar-refractivity contribution in [2.45, 2.75) is 59.9 Å². The monoisotopic (exact) mass is 524 g/mol. The molecule has 4 unspecified atom stereocenters. The molecule has 0 saturated heterocycles. The summed E-state index contributed by atoms with van der Waals surface area (Å²) in [5.41, 5.74) is 7.84. The van der Waals surface area contributed by atoms with Gasteiger partial charge in [-0.2, -0.15) is 18.3 Å². The Kier molecular flexibility index (Phi) is 17.4. The summed E-state index contributed by atoms with van der Waals surface area (Å²) in [6, 6.07) is 0.648. The fourth-order valence-corrected chi connectivity index (χ4v) is 3.26. The van der Waals surface area contributed by atoms with Crippen LogP contribution in [0.1, 0.15) is 53.9 Å². The van der Waals surface area contributed by atoms with Crippen molar-refractivity contribution in [2.24, 2.45) is 17.8 Å². The zero-order chi connectivity index (χ0) is 19.0. The van der Waals surface area contributed by atoms with E-state index in [2.05, 4.69) is 70.1 Å². The summed E-state index contributed by atoms with van der Waals surface area (Å²) in [7, 11) is 1.41. The molecule has 0 amide bonds. The van der Waals surface area contributed by atoms with E-state index in [1.54, 1.807) is 0 Å². The van der Waals surface area contributed by atoms with Gasteiger partial charge in [-0.1, -0.05) is 32.4 Å². The molecule has 4 atom stereocenters. The summed E-state index contributed by atoms with van der Waals surface area (Å²) in [6.45, 7) is 10.9. The third-order valence-corrected chi connectivity index (χ3v) is 4.86. The Morgan fingerprint density at radius 2 is 1.56 bits per heavy atom. The fraction of sp³-hybridized carbons (Fsp3) is 0.591. The van der Waals surface area contributed by atoms with Gasteiger partial charge in [0.1, 0.15) is 0 Å². The van der Waals surface area contributed by atoms with E-state index in [1.807, 2.05) is 6.08 Å². The molecule has 0 aliphatic heterocycles. The maximum atomic E-state index is 10.8. The standard InChI is InChI=1S/C8H11O2.C7H13N.C7H11.2Y/c1-6-3-4-7(5-6)8(9)10-2;1-5-3-6(2)7(8)4-5;1-6-3-4-7(2)5-6;;/h3,5-6H,4H2,1-2H3;3,6-7H,4,8H2,1-2H3;3,5-6H,4H2,1-2H3;;/q-1;;-1;;/p+1. The Balaban J connectivity index is 0. The average molecular weight is 524 g/mol. The van der Waals surface area contributed by atoms with Crippen LogP contribution in [0.4, 0.5) is 0 Å². The van der Waals surface area contributed by atoms with Gasteiger partial charge in [0.25, 0.3) is 0 Å². The Morgan fingerprint density at radius 1 is 1.00 bits per heavy atom. The molecular weight excluding hydrogens is 488 g/mol. The number of hydrogen-bond acceptors (Lipinski definition) is 2. The molecule has 0 saturated carbocycles. The molecule has 0 aromatic rings. The van der Waals surface area contributed by atoms with Crippen LogP contribution in [-0.2, 0) is 74.9 Å². The van der Waals surface area contributed by atoms with Crippen LogP contribution in [0.5, 0.6) is 0 Å². The van der Waals surface area contributed by atoms with Crippen LogP contribution in [0.15, 0.2) is 34.9 Å². The molecule has 3 nitrogen and oxygen atoms in total. The van der Waals surface area contributed by atoms with Crippen molar-refractivity contribution in [2.75, 3.05) is 7.11 Å². The molecule has 27 heavy (non-hydrogen) atoms. The summed E-state index contributed by atoms with van der Waals surface area (Å²) in [6.07, 6.45) is 14.2. The van der Waals surface area contributed by atoms with Gasteiger partial charge in [-0.15, -0.1) is 24.1 Å². The van der Waals surface area contributed by atoms with Crippen molar-refractivity contribution in [1.82, 2.24) is 0 Å². The third kappa shape index (κ3) is 12.2. The van der Waals surface area contributed by atoms with Gasteiger partial charge in [-0.05, 0) is 13.8 Å². The molecule has 0 fully saturated rings. The number of allylic oxidation sites excluding steroid dienone is 3. The van der Waals surface area contributed by atoms with E-state index in [0.29, 0.717) is 12.0 Å². The number of quaternary nitrogens is 1. The van der Waals surface area contributed by atoms with Gasteiger partial charge in [0.05, 0.1) is 13.2 Å². The first-order valence-electron chi connectivity index (χ1n) is 9.36. The Hall–Kier alpha value is 0.858. The minimum Gasteiger partial charge on any atom is -0.466 e. The van der Waals surface area contributed by atoms with Gasteiger partial charge < -0.3 is 23.3 Å². The molecule has 3 aliphatic carbocycles. The van der Waals surface area contributed by atoms with E-state index in [9.17, 15) is 4.79 Å². The fourth-order valence-electron chi connectivity index (χ4n) is 3.26. The molecule has 148 valence electrons. The first-order valence-corrected chi connectivity index (χ1v) is 9.36. The minimum absolute atomic E-state index is 0. The molecule has 0 heterocycles. The summed E-state index contributed by atoms with van der Waals surface area (Å²) < 4.78 is 4.56. The number of ether oxygens (including phenoxy) is 1. The molecule has 3 aliphatic rings. The van der Waals surface area contributed by atoms with E-state index in [4.69, 9.17) is 0 Å². The first-order chi connectivity index (χ1) is 11.7. The number of rotatable bonds is 1. The quantitative estimate of drug-likeness (QED) is 0.320. The molecule has 2 radical (unpaired) electrons. The predicted octanol–water partition coefficient (Wildman–Crippen LogP) is 4.08. The second-order valence-electron chi connectivity index (χ2n) is 7.63. The van der Waals surface area contributed by atoms with Crippen molar-refractivity contribution in [3.05, 3.63) is 47.8 Å². The van der Waals surface area contributed by atoms with Crippen LogP contribution in [0, 0.1) is 30.6 Å². The van der Waals surface area contributed by atoms with Crippen molar-refractivity contribution in [3.8, 4) is 0 Å². The van der Waals surface area contributed by atoms with Crippen LogP contribution in [0.2, 0.25) is 0 Å². The van der Waals surface area contributed by atoms with Gasteiger partial charge in [0.15, 0.2) is 0 Å². The minimum atomic E-state index is -0.194. The third-order valence-electron chi connectivity index (χ3n) is 4.86. The zero-order valence-corrected chi connectivity index (χ0v) is 23.7. The van der Waals surface area contributed by atoms with Crippen molar-refractivity contribution in [1.29, 1.82) is 0 Å². The van der Waals surface area contributed by atoms with E-state index in [-0.39, 0.29) is 71.4 Å². The van der Waals surface area contributed by atoms with Gasteiger partial charge in [-0.3, -0.25) is 0 Å². The summed E-state index contributed by atoms with van der Waals surface area (Å²) in [4.78, 5) is 10.8. The molecule has 0 bridgehead atoms. The molecule has 3 N–H and O–H groups in total. The van der Waals surface area contributed by atoms with Crippen molar-refractivity contribution < 1.29 is 80.7 Å². The number of esters is 1. The maximum Gasteiger partial charge on any atom is 0.330 e. The average Bonchev–Trinajstić information content (AvgIpc) is 3.22. The second kappa shape index (κ2) is 15.7. The Bertz CT molecular complexity index is 540. The van der Waals surface area contributed by atoms with Crippen molar-refractivity contribution >= 4 is 5.97 Å². The first kappa shape index (κ1) is 30.1. The SMILES string of the molecule is CC1=CC(C)C([NH3+])C1.CC1=CC(C)[CH-]C1.COC(=O)C1=CC(C)[CH-]C1.[Y].[Y]. The zero-order valence-electron chi connectivity index (χ0n) is 18.0. The molecular formula is C22H36NO2Y2-.